The van der Waals surface area contributed by atoms with Crippen molar-refractivity contribution in [1.29, 1.82) is 0 Å². The maximum atomic E-state index is 13.8. The van der Waals surface area contributed by atoms with Crippen molar-refractivity contribution in [3.63, 3.8) is 0 Å². The van der Waals surface area contributed by atoms with E-state index in [1.165, 1.54) is 45.8 Å². The zero-order valence-electron chi connectivity index (χ0n) is 24.4. The summed E-state index contributed by atoms with van der Waals surface area (Å²) in [4.78, 5) is 17.5. The predicted octanol–water partition coefficient (Wildman–Crippen LogP) is 5.85. The first kappa shape index (κ1) is 30.0. The molecule has 2 aromatic rings. The topological polar surface area (TPSA) is 89.6 Å². The summed E-state index contributed by atoms with van der Waals surface area (Å²) < 4.78 is 76.9. The molecule has 2 bridgehead atoms. The molecule has 4 atom stereocenters. The molecule has 4 unspecified atom stereocenters. The summed E-state index contributed by atoms with van der Waals surface area (Å²) in [6.45, 7) is 4.86. The lowest BCUT2D eigenvalue weighted by atomic mass is 9.95. The second-order valence-corrected chi connectivity index (χ2v) is 12.4. The largest absolute Gasteiger partial charge is 0.467 e. The Bertz CT molecular complexity index is 1370. The van der Waals surface area contributed by atoms with Crippen molar-refractivity contribution in [2.75, 3.05) is 43.9 Å². The van der Waals surface area contributed by atoms with Gasteiger partial charge in [-0.15, -0.1) is 0 Å². The maximum Gasteiger partial charge on any atom is 0.418 e. The summed E-state index contributed by atoms with van der Waals surface area (Å²) >= 11 is 0. The number of methoxy groups -OCH3 is 1. The third-order valence-electron chi connectivity index (χ3n) is 9.44. The van der Waals surface area contributed by atoms with E-state index in [0.717, 1.165) is 37.4 Å². The number of nitrogens with zero attached hydrogens (tertiary/aromatic N) is 5. The number of nitrogens with two attached hydrogens (primary N) is 1. The Labute approximate surface area is 247 Å². The zero-order valence-corrected chi connectivity index (χ0v) is 24.4. The van der Waals surface area contributed by atoms with Crippen molar-refractivity contribution in [3.8, 4) is 6.01 Å². The molecule has 7 rings (SSSR count). The number of piperidine rings is 1. The highest BCUT2D eigenvalue weighted by Crippen LogP contribution is 2.43. The number of hydrogen-bond acceptors (Lipinski definition) is 8. The van der Waals surface area contributed by atoms with Crippen LogP contribution >= 0.6 is 0 Å². The van der Waals surface area contributed by atoms with Gasteiger partial charge in [0.25, 0.3) is 6.08 Å². The van der Waals surface area contributed by atoms with E-state index in [-0.39, 0.29) is 36.1 Å². The molecule has 43 heavy (non-hydrogen) atoms. The van der Waals surface area contributed by atoms with Crippen LogP contribution in [0.2, 0.25) is 0 Å². The van der Waals surface area contributed by atoms with Crippen LogP contribution in [0.3, 0.4) is 0 Å². The Morgan fingerprint density at radius 1 is 1.07 bits per heavy atom. The fraction of sp³-hybridized carbons (Fsp3) is 0.633. The number of nitrogen functional groups attached to an aromatic ring is 1. The lowest BCUT2D eigenvalue weighted by Gasteiger charge is -2.36. The standard InChI is InChI=1S/C22H26F3N5O2.C8H11F2N/c1-11-5-17(26)28-19(18(11)22(23,24)25)16-7-15-14(10-32-16)20(29-21(27-15)31-2)30-8-12-3-4-13(6-12)9-30;9-8(10)6-4-7-2-1-3-11(7)5-6/h5,12-13,16H,3-4,6-10H2,1-2H3,(H2,26,28);7H,1-5H2. The highest BCUT2D eigenvalue weighted by molar-refractivity contribution is 5.52. The predicted molar refractivity (Wildman–Crippen MR) is 150 cm³/mol. The van der Waals surface area contributed by atoms with Crippen LogP contribution in [-0.4, -0.2) is 59.2 Å². The molecule has 0 amide bonds. The first-order chi connectivity index (χ1) is 20.5. The van der Waals surface area contributed by atoms with Crippen molar-refractivity contribution in [3.05, 3.63) is 45.8 Å². The quantitative estimate of drug-likeness (QED) is 0.435. The van der Waals surface area contributed by atoms with Gasteiger partial charge in [0.05, 0.1) is 30.7 Å². The number of anilines is 2. The number of alkyl halides is 3. The monoisotopic (exact) mass is 608 g/mol. The summed E-state index contributed by atoms with van der Waals surface area (Å²) in [5.41, 5.74) is 6.64. The van der Waals surface area contributed by atoms with Gasteiger partial charge in [-0.25, -0.2) is 4.98 Å². The average Bonchev–Trinajstić information content (AvgIpc) is 3.66. The van der Waals surface area contributed by atoms with E-state index in [1.54, 1.807) is 0 Å². The summed E-state index contributed by atoms with van der Waals surface area (Å²) in [5.74, 6) is 2.10. The molecule has 4 fully saturated rings. The average molecular weight is 609 g/mol. The first-order valence-corrected chi connectivity index (χ1v) is 14.9. The van der Waals surface area contributed by atoms with Gasteiger partial charge >= 0.3 is 12.2 Å². The fourth-order valence-electron chi connectivity index (χ4n) is 7.53. The van der Waals surface area contributed by atoms with Crippen molar-refractivity contribution in [2.45, 2.75) is 76.8 Å². The Balaban J connectivity index is 0.000000250. The number of halogens is 5. The second-order valence-electron chi connectivity index (χ2n) is 12.4. The van der Waals surface area contributed by atoms with Gasteiger partial charge in [-0.2, -0.15) is 31.9 Å². The number of fused-ring (bicyclic) bond motifs is 4. The minimum Gasteiger partial charge on any atom is -0.467 e. The van der Waals surface area contributed by atoms with E-state index >= 15 is 0 Å². The number of rotatable bonds is 3. The summed E-state index contributed by atoms with van der Waals surface area (Å²) in [5, 5.41) is 0. The minimum absolute atomic E-state index is 0.0270. The van der Waals surface area contributed by atoms with Crippen LogP contribution in [0.1, 0.15) is 72.7 Å². The van der Waals surface area contributed by atoms with E-state index in [4.69, 9.17) is 15.2 Å². The highest BCUT2D eigenvalue weighted by atomic mass is 19.4. The number of hydrogen-bond donors (Lipinski definition) is 1. The van der Waals surface area contributed by atoms with Crippen LogP contribution in [-0.2, 0) is 23.9 Å². The molecule has 6 heterocycles. The molecule has 234 valence electrons. The molecule has 3 saturated heterocycles. The van der Waals surface area contributed by atoms with Crippen molar-refractivity contribution in [2.24, 2.45) is 11.8 Å². The van der Waals surface area contributed by atoms with Gasteiger partial charge < -0.3 is 20.1 Å². The van der Waals surface area contributed by atoms with Crippen molar-refractivity contribution >= 4 is 11.6 Å². The van der Waals surface area contributed by atoms with Crippen LogP contribution in [0, 0.1) is 18.8 Å². The van der Waals surface area contributed by atoms with Crippen LogP contribution in [0.4, 0.5) is 33.6 Å². The molecule has 2 aromatic heterocycles. The molecule has 0 radical (unpaired) electrons. The summed E-state index contributed by atoms with van der Waals surface area (Å²) in [6.07, 6.45) is -0.168. The fourth-order valence-corrected chi connectivity index (χ4v) is 7.53. The number of pyridine rings is 1. The third kappa shape index (κ3) is 6.15. The normalized spacial score (nSPS) is 26.6. The molecule has 13 heteroatoms. The summed E-state index contributed by atoms with van der Waals surface area (Å²) in [7, 11) is 1.49. The molecule has 1 saturated carbocycles. The highest BCUT2D eigenvalue weighted by Gasteiger charge is 2.41. The number of ether oxygens (including phenoxy) is 2. The lowest BCUT2D eigenvalue weighted by molar-refractivity contribution is -0.140. The van der Waals surface area contributed by atoms with Crippen LogP contribution in [0.25, 0.3) is 0 Å². The molecular weight excluding hydrogens is 571 g/mol. The van der Waals surface area contributed by atoms with Crippen LogP contribution in [0.15, 0.2) is 17.7 Å². The molecule has 4 aliphatic heterocycles. The minimum atomic E-state index is -4.56. The number of aryl methyl sites for hydroxylation is 1. The molecular formula is C30H37F5N6O2. The third-order valence-corrected chi connectivity index (χ3v) is 9.44. The van der Waals surface area contributed by atoms with Crippen molar-refractivity contribution in [1.82, 2.24) is 19.9 Å². The lowest BCUT2D eigenvalue weighted by Crippen LogP contribution is -2.38. The van der Waals surface area contributed by atoms with E-state index < -0.39 is 23.9 Å². The van der Waals surface area contributed by atoms with Gasteiger partial charge in [0.15, 0.2) is 0 Å². The maximum absolute atomic E-state index is 13.8. The van der Waals surface area contributed by atoms with Gasteiger partial charge in [-0.05, 0) is 75.5 Å². The Morgan fingerprint density at radius 2 is 1.81 bits per heavy atom. The van der Waals surface area contributed by atoms with E-state index in [1.807, 2.05) is 0 Å². The van der Waals surface area contributed by atoms with Crippen LogP contribution in [0.5, 0.6) is 6.01 Å². The van der Waals surface area contributed by atoms with Crippen LogP contribution < -0.4 is 15.4 Å². The van der Waals surface area contributed by atoms with Crippen molar-refractivity contribution < 1.29 is 31.4 Å². The van der Waals surface area contributed by atoms with Gasteiger partial charge in [0.1, 0.15) is 17.7 Å². The SMILES string of the molecule is COc1nc2c(c(N3CC4CCC(C4)C3)n1)COC(c1nc(N)cc(C)c1C(F)(F)F)C2.FC(F)=C1CC2CCCN2C1. The van der Waals surface area contributed by atoms with Gasteiger partial charge in [0, 0.05) is 43.2 Å². The molecule has 5 aliphatic rings. The van der Waals surface area contributed by atoms with E-state index in [9.17, 15) is 22.0 Å². The van der Waals surface area contributed by atoms with Gasteiger partial charge in [0.2, 0.25) is 0 Å². The molecule has 0 spiro atoms. The number of aromatic nitrogens is 3. The molecule has 1 aliphatic carbocycles. The second kappa shape index (κ2) is 11.8. The Kier molecular flexibility index (Phi) is 8.22. The summed E-state index contributed by atoms with van der Waals surface area (Å²) in [6, 6.07) is 1.88. The molecule has 0 aromatic carbocycles. The van der Waals surface area contributed by atoms with E-state index in [2.05, 4.69) is 24.8 Å². The Morgan fingerprint density at radius 3 is 2.47 bits per heavy atom. The van der Waals surface area contributed by atoms with Gasteiger partial charge in [-0.3, -0.25) is 4.90 Å². The molecule has 2 N–H and O–H groups in total. The molecule has 8 nitrogen and oxygen atoms in total. The van der Waals surface area contributed by atoms with Gasteiger partial charge in [-0.1, -0.05) is 0 Å². The zero-order chi connectivity index (χ0) is 30.5. The smallest absolute Gasteiger partial charge is 0.418 e. The van der Waals surface area contributed by atoms with E-state index in [0.29, 0.717) is 42.1 Å². The first-order valence-electron chi connectivity index (χ1n) is 14.9. The Hall–Kier alpha value is -3.06.